The van der Waals surface area contributed by atoms with E-state index in [0.29, 0.717) is 6.54 Å². The molecule has 0 aliphatic rings. The van der Waals surface area contributed by atoms with Crippen LogP contribution < -0.4 is 10.9 Å². The van der Waals surface area contributed by atoms with Crippen molar-refractivity contribution in [1.29, 1.82) is 0 Å². The summed E-state index contributed by atoms with van der Waals surface area (Å²) in [7, 11) is 0. The van der Waals surface area contributed by atoms with Gasteiger partial charge < -0.3 is 15.0 Å². The summed E-state index contributed by atoms with van der Waals surface area (Å²) in [5.41, 5.74) is -0.179. The highest BCUT2D eigenvalue weighted by Crippen LogP contribution is 2.10. The highest BCUT2D eigenvalue weighted by Gasteiger charge is 2.30. The second kappa shape index (κ2) is 6.77. The van der Waals surface area contributed by atoms with Gasteiger partial charge >= 0.3 is 5.97 Å². The third kappa shape index (κ3) is 3.75. The quantitative estimate of drug-likeness (QED) is 0.839. The summed E-state index contributed by atoms with van der Waals surface area (Å²) in [6, 6.07) is 1.52. The Balaban J connectivity index is 3.25. The van der Waals surface area contributed by atoms with E-state index in [1.807, 2.05) is 20.8 Å². The number of nitrogens with zero attached hydrogens (tertiary/aromatic N) is 1. The fourth-order valence-corrected chi connectivity index (χ4v) is 2.05. The molecular weight excluding hydrogens is 284 g/mol. The maximum Gasteiger partial charge on any atom is 0.328 e. The molecule has 0 spiro atoms. The molecular formula is C16H24N2O4. The highest BCUT2D eigenvalue weighted by atomic mass is 16.4. The van der Waals surface area contributed by atoms with Crippen molar-refractivity contribution >= 4 is 11.9 Å². The highest BCUT2D eigenvalue weighted by molar-refractivity contribution is 5.97. The zero-order valence-electron chi connectivity index (χ0n) is 13.8. The molecule has 0 bridgehead atoms. The van der Waals surface area contributed by atoms with E-state index in [9.17, 15) is 14.4 Å². The Bertz CT molecular complexity index is 644. The molecule has 0 fully saturated rings. The Morgan fingerprint density at radius 3 is 2.41 bits per heavy atom. The van der Waals surface area contributed by atoms with Gasteiger partial charge in [0.15, 0.2) is 0 Å². The minimum absolute atomic E-state index is 0.0199. The van der Waals surface area contributed by atoms with Crippen molar-refractivity contribution < 1.29 is 14.7 Å². The van der Waals surface area contributed by atoms with Crippen molar-refractivity contribution in [3.63, 3.8) is 0 Å². The third-order valence-electron chi connectivity index (χ3n) is 3.75. The number of unbranched alkanes of at least 4 members (excludes halogenated alkanes) is 1. The van der Waals surface area contributed by atoms with Gasteiger partial charge in [0.25, 0.3) is 11.5 Å². The molecule has 1 rings (SSSR count). The molecule has 0 saturated carbocycles. The van der Waals surface area contributed by atoms with Crippen LogP contribution in [0.1, 0.15) is 55.2 Å². The van der Waals surface area contributed by atoms with Crippen LogP contribution in [0, 0.1) is 13.8 Å². The van der Waals surface area contributed by atoms with Crippen LogP contribution in [0.5, 0.6) is 0 Å². The Kier molecular flexibility index (Phi) is 5.52. The molecule has 0 saturated heterocycles. The van der Waals surface area contributed by atoms with Crippen LogP contribution in [0.25, 0.3) is 0 Å². The van der Waals surface area contributed by atoms with Crippen molar-refractivity contribution in [2.45, 2.75) is 59.5 Å². The van der Waals surface area contributed by atoms with Crippen LogP contribution in [-0.2, 0) is 11.3 Å². The number of aromatic nitrogens is 1. The molecule has 22 heavy (non-hydrogen) atoms. The minimum atomic E-state index is -1.43. The summed E-state index contributed by atoms with van der Waals surface area (Å²) in [6.45, 7) is 9.00. The van der Waals surface area contributed by atoms with E-state index < -0.39 is 17.4 Å². The van der Waals surface area contributed by atoms with E-state index in [1.54, 1.807) is 4.57 Å². The summed E-state index contributed by atoms with van der Waals surface area (Å²) >= 11 is 0. The van der Waals surface area contributed by atoms with Gasteiger partial charge in [-0.05, 0) is 45.7 Å². The number of amides is 1. The van der Waals surface area contributed by atoms with Crippen molar-refractivity contribution in [2.75, 3.05) is 0 Å². The van der Waals surface area contributed by atoms with Crippen LogP contribution in [0.2, 0.25) is 0 Å². The SMILES string of the molecule is CCCCn1c(C)c(C)cc(C(=O)NC(C)(C)C(=O)O)c1=O. The predicted octanol–water partition coefficient (Wildman–Crippen LogP) is 1.86. The van der Waals surface area contributed by atoms with Crippen molar-refractivity contribution in [2.24, 2.45) is 0 Å². The van der Waals surface area contributed by atoms with E-state index in [0.717, 1.165) is 24.1 Å². The number of carbonyl (C=O) groups is 2. The molecule has 0 atom stereocenters. The van der Waals surface area contributed by atoms with Gasteiger partial charge in [0.2, 0.25) is 0 Å². The number of carbonyl (C=O) groups excluding carboxylic acids is 1. The van der Waals surface area contributed by atoms with Crippen LogP contribution in [0.4, 0.5) is 0 Å². The van der Waals surface area contributed by atoms with Gasteiger partial charge in [-0.1, -0.05) is 13.3 Å². The second-order valence-electron chi connectivity index (χ2n) is 6.02. The molecule has 0 aliphatic heterocycles. The monoisotopic (exact) mass is 308 g/mol. The lowest BCUT2D eigenvalue weighted by Crippen LogP contribution is -2.51. The van der Waals surface area contributed by atoms with E-state index in [-0.39, 0.29) is 11.1 Å². The van der Waals surface area contributed by atoms with Gasteiger partial charge in [-0.15, -0.1) is 0 Å². The molecule has 122 valence electrons. The third-order valence-corrected chi connectivity index (χ3v) is 3.75. The summed E-state index contributed by atoms with van der Waals surface area (Å²) in [5, 5.41) is 11.5. The van der Waals surface area contributed by atoms with E-state index in [2.05, 4.69) is 5.32 Å². The first kappa shape index (κ1) is 17.9. The van der Waals surface area contributed by atoms with Gasteiger partial charge in [0, 0.05) is 12.2 Å². The maximum absolute atomic E-state index is 12.5. The van der Waals surface area contributed by atoms with Crippen LogP contribution >= 0.6 is 0 Å². The maximum atomic E-state index is 12.5. The normalized spacial score (nSPS) is 11.3. The van der Waals surface area contributed by atoms with Gasteiger partial charge in [0.05, 0.1) is 0 Å². The number of carboxylic acid groups (broad SMARTS) is 1. The Labute approximate surface area is 130 Å². The molecule has 2 N–H and O–H groups in total. The number of pyridine rings is 1. The number of hydrogen-bond donors (Lipinski definition) is 2. The number of aliphatic carboxylic acids is 1. The van der Waals surface area contributed by atoms with Gasteiger partial charge in [0.1, 0.15) is 11.1 Å². The van der Waals surface area contributed by atoms with E-state index >= 15 is 0 Å². The zero-order valence-corrected chi connectivity index (χ0v) is 13.8. The molecule has 1 amide bonds. The average Bonchev–Trinajstić information content (AvgIpc) is 2.42. The first-order chi connectivity index (χ1) is 10.1. The smallest absolute Gasteiger partial charge is 0.328 e. The zero-order chi connectivity index (χ0) is 17.1. The summed E-state index contributed by atoms with van der Waals surface area (Å²) < 4.78 is 1.58. The van der Waals surface area contributed by atoms with Crippen LogP contribution in [0.15, 0.2) is 10.9 Å². The number of rotatable bonds is 6. The molecule has 1 aromatic rings. The van der Waals surface area contributed by atoms with E-state index in [1.165, 1.54) is 19.9 Å². The largest absolute Gasteiger partial charge is 0.480 e. The van der Waals surface area contributed by atoms with Crippen LogP contribution in [-0.4, -0.2) is 27.1 Å². The molecule has 0 aliphatic carbocycles. The van der Waals surface area contributed by atoms with Crippen molar-refractivity contribution in [1.82, 2.24) is 9.88 Å². The number of nitrogens with one attached hydrogen (secondary N) is 1. The number of carboxylic acids is 1. The first-order valence-corrected chi connectivity index (χ1v) is 7.38. The van der Waals surface area contributed by atoms with E-state index in [4.69, 9.17) is 5.11 Å². The molecule has 0 aromatic carbocycles. The summed E-state index contributed by atoms with van der Waals surface area (Å²) in [6.07, 6.45) is 1.78. The molecule has 6 nitrogen and oxygen atoms in total. The standard InChI is InChI=1S/C16H24N2O4/c1-6-7-8-18-11(3)10(2)9-12(14(18)20)13(19)17-16(4,5)15(21)22/h9H,6-8H2,1-5H3,(H,17,19)(H,21,22). The molecule has 0 radical (unpaired) electrons. The van der Waals surface area contributed by atoms with Gasteiger partial charge in [-0.25, -0.2) is 4.79 Å². The fraction of sp³-hybridized carbons (Fsp3) is 0.562. The number of aryl methyl sites for hydroxylation is 1. The number of hydrogen-bond acceptors (Lipinski definition) is 3. The lowest BCUT2D eigenvalue weighted by atomic mass is 10.0. The predicted molar refractivity (Wildman–Crippen MR) is 84.3 cm³/mol. The first-order valence-electron chi connectivity index (χ1n) is 7.38. The molecule has 6 heteroatoms. The summed E-state index contributed by atoms with van der Waals surface area (Å²) in [4.78, 5) is 35.9. The fourth-order valence-electron chi connectivity index (χ4n) is 2.05. The van der Waals surface area contributed by atoms with Crippen LogP contribution in [0.3, 0.4) is 0 Å². The minimum Gasteiger partial charge on any atom is -0.480 e. The average molecular weight is 308 g/mol. The second-order valence-corrected chi connectivity index (χ2v) is 6.02. The van der Waals surface area contributed by atoms with Gasteiger partial charge in [-0.3, -0.25) is 9.59 Å². The van der Waals surface area contributed by atoms with Gasteiger partial charge in [-0.2, -0.15) is 0 Å². The topological polar surface area (TPSA) is 88.4 Å². The van der Waals surface area contributed by atoms with Crippen molar-refractivity contribution in [3.05, 3.63) is 33.2 Å². The lowest BCUT2D eigenvalue weighted by Gasteiger charge is -2.21. The Hall–Kier alpha value is -2.11. The lowest BCUT2D eigenvalue weighted by molar-refractivity contribution is -0.143. The summed E-state index contributed by atoms with van der Waals surface area (Å²) in [5.74, 6) is -1.82. The molecule has 1 aromatic heterocycles. The Morgan fingerprint density at radius 2 is 1.91 bits per heavy atom. The molecule has 0 unspecified atom stereocenters. The molecule has 1 heterocycles. The Morgan fingerprint density at radius 1 is 1.32 bits per heavy atom. The van der Waals surface area contributed by atoms with Crippen molar-refractivity contribution in [3.8, 4) is 0 Å².